The van der Waals surface area contributed by atoms with Gasteiger partial charge in [-0.05, 0) is 37.5 Å². The molecule has 0 saturated carbocycles. The van der Waals surface area contributed by atoms with Gasteiger partial charge in [0.15, 0.2) is 0 Å². The summed E-state index contributed by atoms with van der Waals surface area (Å²) in [5.74, 6) is -0.451. The third-order valence-corrected chi connectivity index (χ3v) is 3.84. The summed E-state index contributed by atoms with van der Waals surface area (Å²) in [4.78, 5) is 25.8. The molecule has 5 heteroatoms. The maximum Gasteiger partial charge on any atom is 0.335 e. The number of imidazole rings is 1. The predicted molar refractivity (Wildman–Crippen MR) is 78.3 cm³/mol. The zero-order valence-corrected chi connectivity index (χ0v) is 12.0. The number of H-pyrrole nitrogens is 1. The Morgan fingerprint density at radius 1 is 1.40 bits per heavy atom. The monoisotopic (exact) mass is 276 g/mol. The number of aromatic nitrogens is 2. The Morgan fingerprint density at radius 3 is 2.70 bits per heavy atom. The van der Waals surface area contributed by atoms with Crippen LogP contribution in [0.3, 0.4) is 0 Å². The summed E-state index contributed by atoms with van der Waals surface area (Å²) in [5.41, 5.74) is 1.33. The van der Waals surface area contributed by atoms with Crippen LogP contribution in [0.2, 0.25) is 0 Å². The van der Waals surface area contributed by atoms with E-state index in [1.165, 1.54) is 12.1 Å². The molecule has 0 bridgehead atoms. The van der Waals surface area contributed by atoms with E-state index in [-0.39, 0.29) is 17.3 Å². The highest BCUT2D eigenvalue weighted by molar-refractivity contribution is 5.92. The van der Waals surface area contributed by atoms with Crippen LogP contribution in [0.5, 0.6) is 0 Å². The van der Waals surface area contributed by atoms with E-state index in [1.54, 1.807) is 10.6 Å². The summed E-state index contributed by atoms with van der Waals surface area (Å²) in [6.07, 6.45) is 1.99. The van der Waals surface area contributed by atoms with Crippen LogP contribution in [0.1, 0.15) is 50.0 Å². The molecule has 5 nitrogen and oxygen atoms in total. The van der Waals surface area contributed by atoms with Crippen LogP contribution in [0.25, 0.3) is 11.0 Å². The second-order valence-corrected chi connectivity index (χ2v) is 5.44. The molecule has 0 saturated heterocycles. The summed E-state index contributed by atoms with van der Waals surface area (Å²) in [5, 5.41) is 8.98. The van der Waals surface area contributed by atoms with Gasteiger partial charge in [-0.2, -0.15) is 0 Å². The van der Waals surface area contributed by atoms with Gasteiger partial charge in [0.05, 0.1) is 16.6 Å². The minimum absolute atomic E-state index is 0.0851. The molecule has 20 heavy (non-hydrogen) atoms. The van der Waals surface area contributed by atoms with E-state index in [9.17, 15) is 9.59 Å². The molecule has 2 atom stereocenters. The van der Waals surface area contributed by atoms with Crippen molar-refractivity contribution < 1.29 is 9.90 Å². The second-order valence-electron chi connectivity index (χ2n) is 5.44. The van der Waals surface area contributed by atoms with Crippen molar-refractivity contribution in [3.8, 4) is 0 Å². The number of rotatable bonds is 5. The minimum Gasteiger partial charge on any atom is -0.478 e. The number of aromatic carboxylic acids is 1. The maximum absolute atomic E-state index is 12.1. The van der Waals surface area contributed by atoms with Crippen LogP contribution in [0, 0.1) is 5.92 Å². The number of benzene rings is 1. The highest BCUT2D eigenvalue weighted by Gasteiger charge is 2.16. The summed E-state index contributed by atoms with van der Waals surface area (Å²) < 4.78 is 1.72. The number of aromatic amines is 1. The fraction of sp³-hybridized carbons (Fsp3) is 0.467. The zero-order chi connectivity index (χ0) is 14.9. The molecule has 0 aliphatic rings. The van der Waals surface area contributed by atoms with Gasteiger partial charge in [-0.15, -0.1) is 0 Å². The van der Waals surface area contributed by atoms with Gasteiger partial charge in [0, 0.05) is 6.04 Å². The third kappa shape index (κ3) is 2.61. The lowest BCUT2D eigenvalue weighted by molar-refractivity contribution is 0.0697. The molecule has 1 aromatic heterocycles. The molecule has 108 valence electrons. The molecule has 2 N–H and O–H groups in total. The first-order chi connectivity index (χ1) is 9.43. The Balaban J connectivity index is 2.46. The van der Waals surface area contributed by atoms with E-state index in [0.29, 0.717) is 11.4 Å². The standard InChI is InChI=1S/C15H20N2O3/c1-4-9(2)7-10(3)17-13-6-5-11(14(18)19)8-12(13)16-15(17)20/h5-6,8-10H,4,7H2,1-3H3,(H,16,20)(H,18,19). The quantitative estimate of drug-likeness (QED) is 0.881. The molecule has 2 aromatic rings. The fourth-order valence-corrected chi connectivity index (χ4v) is 2.56. The Hall–Kier alpha value is -2.04. The first-order valence-corrected chi connectivity index (χ1v) is 6.91. The van der Waals surface area contributed by atoms with Gasteiger partial charge in [-0.3, -0.25) is 4.57 Å². The van der Waals surface area contributed by atoms with Gasteiger partial charge in [0.25, 0.3) is 0 Å². The molecule has 0 amide bonds. The number of carboxylic acids is 1. The average Bonchev–Trinajstić information content (AvgIpc) is 2.73. The molecule has 1 aromatic carbocycles. The molecule has 0 aliphatic heterocycles. The van der Waals surface area contributed by atoms with Crippen LogP contribution in [-0.4, -0.2) is 20.6 Å². The van der Waals surface area contributed by atoms with Crippen molar-refractivity contribution in [1.82, 2.24) is 9.55 Å². The normalized spacial score (nSPS) is 14.3. The van der Waals surface area contributed by atoms with Crippen LogP contribution in [0.4, 0.5) is 0 Å². The Kier molecular flexibility index (Phi) is 3.97. The molecule has 0 aliphatic carbocycles. The molecule has 2 unspecified atom stereocenters. The van der Waals surface area contributed by atoms with E-state index >= 15 is 0 Å². The van der Waals surface area contributed by atoms with Gasteiger partial charge in [-0.1, -0.05) is 20.3 Å². The number of fused-ring (bicyclic) bond motifs is 1. The number of carboxylic acid groups (broad SMARTS) is 1. The van der Waals surface area contributed by atoms with E-state index in [0.717, 1.165) is 18.4 Å². The number of nitrogens with one attached hydrogen (secondary N) is 1. The van der Waals surface area contributed by atoms with Gasteiger partial charge in [-0.25, -0.2) is 9.59 Å². The second kappa shape index (κ2) is 5.53. The first kappa shape index (κ1) is 14.4. The molecule has 0 spiro atoms. The fourth-order valence-electron chi connectivity index (χ4n) is 2.56. The Bertz CT molecular complexity index is 684. The van der Waals surface area contributed by atoms with E-state index < -0.39 is 5.97 Å². The van der Waals surface area contributed by atoms with Crippen molar-refractivity contribution in [1.29, 1.82) is 0 Å². The summed E-state index contributed by atoms with van der Waals surface area (Å²) in [6, 6.07) is 4.82. The van der Waals surface area contributed by atoms with E-state index in [4.69, 9.17) is 5.11 Å². The van der Waals surface area contributed by atoms with Crippen molar-refractivity contribution in [3.63, 3.8) is 0 Å². The maximum atomic E-state index is 12.1. The Labute approximate surface area is 117 Å². The highest BCUT2D eigenvalue weighted by Crippen LogP contribution is 2.22. The van der Waals surface area contributed by atoms with Crippen molar-refractivity contribution in [3.05, 3.63) is 34.2 Å². The summed E-state index contributed by atoms with van der Waals surface area (Å²) in [7, 11) is 0. The largest absolute Gasteiger partial charge is 0.478 e. The smallest absolute Gasteiger partial charge is 0.335 e. The highest BCUT2D eigenvalue weighted by atomic mass is 16.4. The van der Waals surface area contributed by atoms with Crippen LogP contribution in [0.15, 0.2) is 23.0 Å². The third-order valence-electron chi connectivity index (χ3n) is 3.84. The number of hydrogen-bond acceptors (Lipinski definition) is 2. The average molecular weight is 276 g/mol. The number of carbonyl (C=O) groups is 1. The zero-order valence-electron chi connectivity index (χ0n) is 12.0. The SMILES string of the molecule is CCC(C)CC(C)n1c(=O)[nH]c2cc(C(=O)O)ccc21. The topological polar surface area (TPSA) is 75.1 Å². The van der Waals surface area contributed by atoms with Crippen LogP contribution in [-0.2, 0) is 0 Å². The van der Waals surface area contributed by atoms with Crippen LogP contribution >= 0.6 is 0 Å². The molecular formula is C15H20N2O3. The van der Waals surface area contributed by atoms with Gasteiger partial charge < -0.3 is 10.1 Å². The predicted octanol–water partition coefficient (Wildman–Crippen LogP) is 3.03. The van der Waals surface area contributed by atoms with E-state index in [2.05, 4.69) is 18.8 Å². The lowest BCUT2D eigenvalue weighted by atomic mass is 10.00. The molecular weight excluding hydrogens is 256 g/mol. The molecule has 2 rings (SSSR count). The molecule has 0 fully saturated rings. The van der Waals surface area contributed by atoms with Crippen molar-refractivity contribution in [2.45, 2.75) is 39.7 Å². The Morgan fingerprint density at radius 2 is 2.10 bits per heavy atom. The van der Waals surface area contributed by atoms with E-state index in [1.807, 2.05) is 6.92 Å². The number of hydrogen-bond donors (Lipinski definition) is 2. The number of nitrogens with zero attached hydrogens (tertiary/aromatic N) is 1. The lowest BCUT2D eigenvalue weighted by Gasteiger charge is -2.17. The molecule has 0 radical (unpaired) electrons. The molecule has 1 heterocycles. The summed E-state index contributed by atoms with van der Waals surface area (Å²) >= 11 is 0. The summed E-state index contributed by atoms with van der Waals surface area (Å²) in [6.45, 7) is 6.32. The van der Waals surface area contributed by atoms with Crippen molar-refractivity contribution in [2.75, 3.05) is 0 Å². The van der Waals surface area contributed by atoms with Crippen molar-refractivity contribution in [2.24, 2.45) is 5.92 Å². The van der Waals surface area contributed by atoms with Gasteiger partial charge in [0.2, 0.25) is 0 Å². The van der Waals surface area contributed by atoms with Crippen LogP contribution < -0.4 is 5.69 Å². The van der Waals surface area contributed by atoms with Gasteiger partial charge in [0.1, 0.15) is 0 Å². The first-order valence-electron chi connectivity index (χ1n) is 6.91. The van der Waals surface area contributed by atoms with Gasteiger partial charge >= 0.3 is 11.7 Å². The minimum atomic E-state index is -0.992. The van der Waals surface area contributed by atoms with Crippen molar-refractivity contribution >= 4 is 17.0 Å². The lowest BCUT2D eigenvalue weighted by Crippen LogP contribution is -2.21.